The molecule has 1 saturated heterocycles. The Bertz CT molecular complexity index is 195. The van der Waals surface area contributed by atoms with Gasteiger partial charge in [0.05, 0.1) is 0 Å². The first-order valence-electron chi connectivity index (χ1n) is 3.82. The van der Waals surface area contributed by atoms with Crippen molar-refractivity contribution in [1.82, 2.24) is 10.6 Å². The molecule has 0 aromatic heterocycles. The third kappa shape index (κ3) is 3.11. The molecule has 0 spiro atoms. The zero-order valence-corrected chi connectivity index (χ0v) is 7.49. The SMILES string of the molecule is N#CNC(=O)CC1CSCCN1. The minimum Gasteiger partial charge on any atom is -0.312 e. The molecule has 1 unspecified atom stereocenters. The van der Waals surface area contributed by atoms with Crippen LogP contribution in [0.5, 0.6) is 0 Å². The fourth-order valence-electron chi connectivity index (χ4n) is 1.09. The maximum Gasteiger partial charge on any atom is 0.234 e. The van der Waals surface area contributed by atoms with Crippen LogP contribution in [-0.4, -0.2) is 30.0 Å². The number of carbonyl (C=O) groups excluding carboxylic acids is 1. The number of hydrogen-bond acceptors (Lipinski definition) is 4. The van der Waals surface area contributed by atoms with Crippen molar-refractivity contribution in [3.05, 3.63) is 0 Å². The molecule has 2 N–H and O–H groups in total. The summed E-state index contributed by atoms with van der Waals surface area (Å²) in [6, 6.07) is 0.233. The number of amides is 1. The zero-order valence-electron chi connectivity index (χ0n) is 6.67. The van der Waals surface area contributed by atoms with Gasteiger partial charge in [-0.15, -0.1) is 0 Å². The molecule has 1 aliphatic rings. The van der Waals surface area contributed by atoms with Crippen molar-refractivity contribution in [2.45, 2.75) is 12.5 Å². The van der Waals surface area contributed by atoms with Gasteiger partial charge in [-0.25, -0.2) is 0 Å². The highest BCUT2D eigenvalue weighted by Crippen LogP contribution is 2.09. The predicted octanol–water partition coefficient (Wildman–Crippen LogP) is -0.321. The Morgan fingerprint density at radius 3 is 3.25 bits per heavy atom. The van der Waals surface area contributed by atoms with E-state index >= 15 is 0 Å². The summed E-state index contributed by atoms with van der Waals surface area (Å²) in [5.41, 5.74) is 0. The van der Waals surface area contributed by atoms with Gasteiger partial charge < -0.3 is 5.32 Å². The van der Waals surface area contributed by atoms with E-state index in [-0.39, 0.29) is 11.9 Å². The molecule has 12 heavy (non-hydrogen) atoms. The van der Waals surface area contributed by atoms with Crippen molar-refractivity contribution in [2.24, 2.45) is 0 Å². The average molecular weight is 185 g/mol. The Kier molecular flexibility index (Phi) is 3.91. The van der Waals surface area contributed by atoms with Crippen LogP contribution >= 0.6 is 11.8 Å². The molecule has 0 bridgehead atoms. The summed E-state index contributed by atoms with van der Waals surface area (Å²) in [5, 5.41) is 13.5. The lowest BCUT2D eigenvalue weighted by molar-refractivity contribution is -0.120. The van der Waals surface area contributed by atoms with E-state index in [0.717, 1.165) is 18.1 Å². The molecule has 0 aromatic carbocycles. The summed E-state index contributed by atoms with van der Waals surface area (Å²) in [5.74, 6) is 1.87. The van der Waals surface area contributed by atoms with Crippen molar-refractivity contribution in [1.29, 1.82) is 5.26 Å². The maximum atomic E-state index is 10.9. The fraction of sp³-hybridized carbons (Fsp3) is 0.714. The van der Waals surface area contributed by atoms with Crippen LogP contribution in [0.15, 0.2) is 0 Å². The first kappa shape index (κ1) is 9.36. The van der Waals surface area contributed by atoms with Gasteiger partial charge in [0.15, 0.2) is 6.19 Å². The highest BCUT2D eigenvalue weighted by Gasteiger charge is 2.15. The molecule has 1 atom stereocenters. The van der Waals surface area contributed by atoms with Gasteiger partial charge in [0.1, 0.15) is 0 Å². The van der Waals surface area contributed by atoms with E-state index in [1.54, 1.807) is 6.19 Å². The summed E-state index contributed by atoms with van der Waals surface area (Å²) in [6.07, 6.45) is 2.03. The summed E-state index contributed by atoms with van der Waals surface area (Å²) in [6.45, 7) is 0.954. The average Bonchev–Trinajstić information content (AvgIpc) is 2.06. The lowest BCUT2D eigenvalue weighted by Gasteiger charge is -2.21. The highest BCUT2D eigenvalue weighted by molar-refractivity contribution is 7.99. The maximum absolute atomic E-state index is 10.9. The number of carbonyl (C=O) groups is 1. The number of hydrogen-bond donors (Lipinski definition) is 2. The molecule has 0 radical (unpaired) electrons. The summed E-state index contributed by atoms with van der Waals surface area (Å²) >= 11 is 1.84. The first-order chi connectivity index (χ1) is 5.83. The monoisotopic (exact) mass is 185 g/mol. The van der Waals surface area contributed by atoms with Gasteiger partial charge >= 0.3 is 0 Å². The minimum absolute atomic E-state index is 0.197. The van der Waals surface area contributed by atoms with Crippen LogP contribution in [0.3, 0.4) is 0 Å². The molecule has 0 aliphatic carbocycles. The molecule has 1 heterocycles. The highest BCUT2D eigenvalue weighted by atomic mass is 32.2. The third-order valence-corrected chi connectivity index (χ3v) is 2.76. The quantitative estimate of drug-likeness (QED) is 0.457. The normalized spacial score (nSPS) is 22.8. The van der Waals surface area contributed by atoms with E-state index in [1.165, 1.54) is 0 Å². The Balaban J connectivity index is 2.21. The lowest BCUT2D eigenvalue weighted by atomic mass is 10.2. The van der Waals surface area contributed by atoms with Crippen LogP contribution in [0, 0.1) is 11.5 Å². The van der Waals surface area contributed by atoms with Crippen LogP contribution < -0.4 is 10.6 Å². The number of nitriles is 1. The van der Waals surface area contributed by atoms with E-state index < -0.39 is 0 Å². The number of nitrogens with zero attached hydrogens (tertiary/aromatic N) is 1. The molecule has 1 amide bonds. The second-order valence-electron chi connectivity index (χ2n) is 2.59. The van der Waals surface area contributed by atoms with E-state index in [1.807, 2.05) is 11.8 Å². The van der Waals surface area contributed by atoms with Crippen molar-refractivity contribution < 1.29 is 4.79 Å². The van der Waals surface area contributed by atoms with E-state index in [0.29, 0.717) is 6.42 Å². The van der Waals surface area contributed by atoms with Crippen LogP contribution in [0.1, 0.15) is 6.42 Å². The molecule has 4 nitrogen and oxygen atoms in total. The third-order valence-electron chi connectivity index (χ3n) is 1.63. The van der Waals surface area contributed by atoms with Gasteiger partial charge in [-0.2, -0.15) is 17.0 Å². The molecule has 1 aliphatic heterocycles. The molecule has 1 fully saturated rings. The fourth-order valence-corrected chi connectivity index (χ4v) is 2.04. The summed E-state index contributed by atoms with van der Waals surface area (Å²) in [4.78, 5) is 10.9. The van der Waals surface area contributed by atoms with Crippen LogP contribution in [-0.2, 0) is 4.79 Å². The van der Waals surface area contributed by atoms with Crippen molar-refractivity contribution >= 4 is 17.7 Å². The van der Waals surface area contributed by atoms with Gasteiger partial charge in [0.25, 0.3) is 0 Å². The smallest absolute Gasteiger partial charge is 0.234 e. The largest absolute Gasteiger partial charge is 0.312 e. The second-order valence-corrected chi connectivity index (χ2v) is 3.74. The van der Waals surface area contributed by atoms with Crippen molar-refractivity contribution in [2.75, 3.05) is 18.1 Å². The van der Waals surface area contributed by atoms with Gasteiger partial charge in [0, 0.05) is 30.5 Å². The Morgan fingerprint density at radius 1 is 1.83 bits per heavy atom. The van der Waals surface area contributed by atoms with Crippen LogP contribution in [0.2, 0.25) is 0 Å². The zero-order chi connectivity index (χ0) is 8.81. The first-order valence-corrected chi connectivity index (χ1v) is 4.97. The van der Waals surface area contributed by atoms with E-state index in [9.17, 15) is 4.79 Å². The van der Waals surface area contributed by atoms with Gasteiger partial charge in [-0.05, 0) is 0 Å². The minimum atomic E-state index is -0.197. The van der Waals surface area contributed by atoms with E-state index in [2.05, 4.69) is 10.6 Å². The molecule has 66 valence electrons. The standard InChI is InChI=1S/C7H11N3OS/c8-5-10-7(11)3-6-4-12-2-1-9-6/h6,9H,1-4H2,(H,10,11). The predicted molar refractivity (Wildman–Crippen MR) is 47.5 cm³/mol. The van der Waals surface area contributed by atoms with Gasteiger partial charge in [0.2, 0.25) is 5.91 Å². The molecule has 0 aromatic rings. The second kappa shape index (κ2) is 5.01. The Morgan fingerprint density at radius 2 is 2.67 bits per heavy atom. The number of thioether (sulfide) groups is 1. The molecular formula is C7H11N3OS. The Hall–Kier alpha value is -0.730. The lowest BCUT2D eigenvalue weighted by Crippen LogP contribution is -2.40. The van der Waals surface area contributed by atoms with Gasteiger partial charge in [-0.1, -0.05) is 0 Å². The molecule has 1 rings (SSSR count). The van der Waals surface area contributed by atoms with Gasteiger partial charge in [-0.3, -0.25) is 10.1 Å². The van der Waals surface area contributed by atoms with Crippen molar-refractivity contribution in [3.63, 3.8) is 0 Å². The topological polar surface area (TPSA) is 64.9 Å². The van der Waals surface area contributed by atoms with Crippen LogP contribution in [0.25, 0.3) is 0 Å². The van der Waals surface area contributed by atoms with E-state index in [4.69, 9.17) is 5.26 Å². The number of rotatable bonds is 2. The van der Waals surface area contributed by atoms with Crippen molar-refractivity contribution in [3.8, 4) is 6.19 Å². The molecule has 0 saturated carbocycles. The Labute approximate surface area is 75.7 Å². The summed E-state index contributed by atoms with van der Waals surface area (Å²) in [7, 11) is 0. The molecular weight excluding hydrogens is 174 g/mol. The molecule has 5 heteroatoms. The number of nitrogens with one attached hydrogen (secondary N) is 2. The summed E-state index contributed by atoms with van der Waals surface area (Å²) < 4.78 is 0. The van der Waals surface area contributed by atoms with Crippen LogP contribution in [0.4, 0.5) is 0 Å².